The van der Waals surface area contributed by atoms with Gasteiger partial charge in [0, 0.05) is 176 Å². The van der Waals surface area contributed by atoms with Crippen LogP contribution in [0.15, 0.2) is 233 Å². The molecule has 8 heterocycles. The Labute approximate surface area is 668 Å². The van der Waals surface area contributed by atoms with E-state index in [9.17, 15) is 0 Å². The molecule has 0 radical (unpaired) electrons. The summed E-state index contributed by atoms with van der Waals surface area (Å²) in [5.74, 6) is 0. The third kappa shape index (κ3) is 11.1. The Balaban J connectivity index is 1.05. The third-order valence-corrected chi connectivity index (χ3v) is 23.3. The Hall–Kier alpha value is -14.4. The Bertz CT molecular complexity index is 6150. The number of hydrogen-bond donors (Lipinski definition) is 0. The zero-order valence-electron chi connectivity index (χ0n) is 65.5. The second-order valence-electron chi connectivity index (χ2n) is 29.0. The Morgan fingerprint density at radius 1 is 0.164 bits per heavy atom. The number of aryl methyl sites for hydroxylation is 8. The van der Waals surface area contributed by atoms with Crippen molar-refractivity contribution in [3.63, 3.8) is 0 Å². The molecule has 0 aliphatic carbocycles. The maximum atomic E-state index is 5.20. The summed E-state index contributed by atoms with van der Waals surface area (Å²) < 4.78 is 0. The van der Waals surface area contributed by atoms with Crippen LogP contribution >= 0.6 is 0 Å². The second-order valence-corrected chi connectivity index (χ2v) is 29.0. The van der Waals surface area contributed by atoms with Gasteiger partial charge in [0.05, 0.1) is 157 Å². The molecule has 20 heteroatoms. The van der Waals surface area contributed by atoms with Crippen molar-refractivity contribution < 1.29 is 0 Å². The van der Waals surface area contributed by atoms with E-state index in [1.54, 1.807) is 99.1 Å². The minimum atomic E-state index is 0.621. The van der Waals surface area contributed by atoms with Crippen LogP contribution in [-0.4, -0.2) is 79.7 Å². The van der Waals surface area contributed by atoms with Gasteiger partial charge in [0.2, 0.25) is 0 Å². The quantitative estimate of drug-likeness (QED) is 0.0648. The SMILES string of the molecule is CCc1c(N(c2ccc3nccnc3c2CC)c2cc(N(c3ccc4nccnc4c3CC)c3ccc4nccnc4c3CC)c3ccc4c(N(c5ccc6nccnc6c5CC)c5ccc6nccnc6c5CC)cc(N(c5ccc6nccnc6c5CC)c5ccc6nccnc6c5CC)c5ccc2c3c54)ccc2nccnc12. The predicted molar refractivity (Wildman–Crippen MR) is 469 cm³/mol. The first-order chi connectivity index (χ1) is 57.3. The van der Waals surface area contributed by atoms with Gasteiger partial charge in [-0.3, -0.25) is 79.7 Å². The molecule has 0 bridgehead atoms. The average Bonchev–Trinajstić information content (AvgIpc) is 0.692. The van der Waals surface area contributed by atoms with Crippen molar-refractivity contribution in [2.24, 2.45) is 0 Å². The van der Waals surface area contributed by atoms with Gasteiger partial charge in [-0.05, 0) is 161 Å². The lowest BCUT2D eigenvalue weighted by atomic mass is 9.88. The van der Waals surface area contributed by atoms with E-state index < -0.39 is 0 Å². The molecule has 0 aliphatic rings. The molecule has 116 heavy (non-hydrogen) atoms. The Morgan fingerprint density at radius 3 is 0.440 bits per heavy atom. The van der Waals surface area contributed by atoms with E-state index in [2.05, 4.69) is 208 Å². The molecular formula is C96H78N20. The van der Waals surface area contributed by atoms with Gasteiger partial charge in [-0.25, -0.2) is 0 Å². The van der Waals surface area contributed by atoms with Crippen LogP contribution in [0.5, 0.6) is 0 Å². The van der Waals surface area contributed by atoms with E-state index in [1.165, 1.54) is 0 Å². The first-order valence-electron chi connectivity index (χ1n) is 40.1. The lowest BCUT2D eigenvalue weighted by Gasteiger charge is -2.37. The summed E-state index contributed by atoms with van der Waals surface area (Å²) in [4.78, 5) is 91.4. The summed E-state index contributed by atoms with van der Waals surface area (Å²) in [5, 5.41) is 5.90. The highest BCUT2D eigenvalue weighted by atomic mass is 15.2. The lowest BCUT2D eigenvalue weighted by Crippen LogP contribution is -2.20. The minimum absolute atomic E-state index is 0.621. The van der Waals surface area contributed by atoms with Crippen molar-refractivity contribution in [3.8, 4) is 0 Å². The van der Waals surface area contributed by atoms with Crippen LogP contribution in [0.3, 0.4) is 0 Å². The molecule has 0 atom stereocenters. The van der Waals surface area contributed by atoms with Crippen LogP contribution in [0.2, 0.25) is 0 Å². The molecule has 0 spiro atoms. The van der Waals surface area contributed by atoms with Gasteiger partial charge in [0.25, 0.3) is 0 Å². The summed E-state index contributed by atoms with van der Waals surface area (Å²) in [6, 6.07) is 49.2. The smallest absolute Gasteiger partial charge is 0.0939 e. The number of hydrogen-bond acceptors (Lipinski definition) is 20. The molecule has 0 unspecified atom stereocenters. The number of fused-ring (bicyclic) bond motifs is 8. The normalized spacial score (nSPS) is 11.9. The summed E-state index contributed by atoms with van der Waals surface area (Å²) in [5.41, 5.74) is 32.2. The molecule has 562 valence electrons. The van der Waals surface area contributed by atoms with E-state index in [0.717, 1.165) is 233 Å². The fourth-order valence-electron chi connectivity index (χ4n) is 18.3. The molecule has 0 saturated heterocycles. The highest BCUT2D eigenvalue weighted by Crippen LogP contribution is 2.58. The van der Waals surface area contributed by atoms with Crippen molar-refractivity contribution in [2.45, 2.75) is 107 Å². The summed E-state index contributed by atoms with van der Waals surface area (Å²) in [7, 11) is 0. The Morgan fingerprint density at radius 2 is 0.302 bits per heavy atom. The first kappa shape index (κ1) is 70.7. The fourth-order valence-corrected chi connectivity index (χ4v) is 18.3. The van der Waals surface area contributed by atoms with Gasteiger partial charge in [-0.15, -0.1) is 0 Å². The van der Waals surface area contributed by atoms with Gasteiger partial charge in [0.15, 0.2) is 0 Å². The fraction of sp³-hybridized carbons (Fsp3) is 0.167. The number of benzene rings is 12. The minimum Gasteiger partial charge on any atom is -0.309 e. The number of nitrogens with zero attached hydrogens (tertiary/aromatic N) is 20. The van der Waals surface area contributed by atoms with Crippen molar-refractivity contribution in [2.75, 3.05) is 19.6 Å². The monoisotopic (exact) mass is 1510 g/mol. The van der Waals surface area contributed by atoms with Gasteiger partial charge < -0.3 is 19.6 Å². The van der Waals surface area contributed by atoms with Crippen LogP contribution in [0, 0.1) is 0 Å². The first-order valence-corrected chi connectivity index (χ1v) is 40.1. The molecular weight excluding hydrogens is 1430 g/mol. The zero-order valence-corrected chi connectivity index (χ0v) is 65.5. The van der Waals surface area contributed by atoms with Crippen LogP contribution in [0.25, 0.3) is 121 Å². The molecule has 0 N–H and O–H groups in total. The van der Waals surface area contributed by atoms with E-state index in [1.807, 2.05) is 0 Å². The summed E-state index contributed by atoms with van der Waals surface area (Å²) >= 11 is 0. The van der Waals surface area contributed by atoms with E-state index in [-0.39, 0.29) is 0 Å². The summed E-state index contributed by atoms with van der Waals surface area (Å²) in [6.45, 7) is 17.7. The number of rotatable bonds is 20. The molecule has 20 aromatic rings. The van der Waals surface area contributed by atoms with Gasteiger partial charge in [-0.2, -0.15) is 0 Å². The Kier molecular flexibility index (Phi) is 17.7. The standard InChI is InChI=1S/C96H78N20/c1-9-55-75(29-21-67-89(55)105-45-37-97-67)113(76-30-22-68-90(56(76)10-2)106-46-38-98-68)83-53-84(114(77-31-23-69-91(57(77)11-3)107-47-39-99-69)78-32-24-70-92(58(78)12-4)108-48-40-100-70)64-19-20-66-86(116(81-35-27-73-95(61(81)15-7)111-51-43-103-73)82-36-28-74-96(62(82)16-8)112-52-44-104-74)54-85(65-18-17-63(83)87(64)88(65)66)115(79-33-25-71-93(59(79)13-5)109-49-41-101-71)80-34-26-72-94(60(80)14-6)110-50-42-102-72/h17-54H,9-16H2,1-8H3. The van der Waals surface area contributed by atoms with E-state index in [4.69, 9.17) is 79.7 Å². The lowest BCUT2D eigenvalue weighted by molar-refractivity contribution is 1.08. The average molecular weight is 1510 g/mol. The molecule has 0 aliphatic heterocycles. The van der Waals surface area contributed by atoms with Gasteiger partial charge in [-0.1, -0.05) is 79.7 Å². The van der Waals surface area contributed by atoms with Crippen molar-refractivity contribution >= 4 is 189 Å². The molecule has 20 nitrogen and oxygen atoms in total. The summed E-state index contributed by atoms with van der Waals surface area (Å²) in [6.07, 6.45) is 33.6. The molecule has 0 saturated carbocycles. The highest BCUT2D eigenvalue weighted by Gasteiger charge is 2.35. The van der Waals surface area contributed by atoms with E-state index >= 15 is 0 Å². The van der Waals surface area contributed by atoms with Crippen LogP contribution < -0.4 is 19.6 Å². The largest absolute Gasteiger partial charge is 0.309 e. The van der Waals surface area contributed by atoms with Crippen LogP contribution in [0.4, 0.5) is 68.2 Å². The van der Waals surface area contributed by atoms with Crippen LogP contribution in [-0.2, 0) is 51.4 Å². The van der Waals surface area contributed by atoms with Crippen molar-refractivity contribution in [1.29, 1.82) is 0 Å². The maximum absolute atomic E-state index is 5.20. The second kappa shape index (κ2) is 29.0. The zero-order chi connectivity index (χ0) is 78.4. The van der Waals surface area contributed by atoms with Gasteiger partial charge >= 0.3 is 0 Å². The topological polar surface area (TPSA) is 219 Å². The third-order valence-electron chi connectivity index (χ3n) is 23.3. The predicted octanol–water partition coefficient (Wildman–Crippen LogP) is 22.5. The highest BCUT2D eigenvalue weighted by molar-refractivity contribution is 6.33. The molecule has 20 rings (SSSR count). The molecule has 0 fully saturated rings. The van der Waals surface area contributed by atoms with Crippen LogP contribution in [0.1, 0.15) is 99.9 Å². The van der Waals surface area contributed by atoms with E-state index in [0.29, 0.717) is 51.4 Å². The van der Waals surface area contributed by atoms with Crippen molar-refractivity contribution in [1.82, 2.24) is 79.7 Å². The van der Waals surface area contributed by atoms with Gasteiger partial charge in [0.1, 0.15) is 0 Å². The number of anilines is 12. The van der Waals surface area contributed by atoms with Crippen molar-refractivity contribution in [3.05, 3.63) is 277 Å². The number of aromatic nitrogens is 16. The molecule has 0 amide bonds. The molecule has 8 aromatic heterocycles. The molecule has 12 aromatic carbocycles. The maximum Gasteiger partial charge on any atom is 0.0939 e.